The van der Waals surface area contributed by atoms with E-state index in [2.05, 4.69) is 20.3 Å². The Kier molecular flexibility index (Phi) is 6.08. The predicted molar refractivity (Wildman–Crippen MR) is 103 cm³/mol. The number of nitrogens with zero attached hydrogens (tertiary/aromatic N) is 4. The third kappa shape index (κ3) is 4.32. The van der Waals surface area contributed by atoms with Gasteiger partial charge in [0, 0.05) is 31.1 Å². The van der Waals surface area contributed by atoms with Crippen LogP contribution in [0.3, 0.4) is 0 Å². The van der Waals surface area contributed by atoms with Gasteiger partial charge in [0.15, 0.2) is 5.16 Å². The van der Waals surface area contributed by atoms with Crippen LogP contribution < -0.4 is 5.32 Å². The molecule has 2 heterocycles. The Morgan fingerprint density at radius 2 is 2.15 bits per heavy atom. The fourth-order valence-electron chi connectivity index (χ4n) is 2.36. The third-order valence-corrected chi connectivity index (χ3v) is 4.97. The van der Waals surface area contributed by atoms with E-state index in [0.29, 0.717) is 18.2 Å². The molecule has 0 radical (unpaired) electrons. The van der Waals surface area contributed by atoms with Crippen molar-refractivity contribution in [3.05, 3.63) is 41.7 Å². The lowest BCUT2D eigenvalue weighted by molar-refractivity contribution is -0.115. The number of rotatable bonds is 7. The zero-order valence-electron chi connectivity index (χ0n) is 14.3. The number of anilines is 1. The molecule has 1 aromatic carbocycles. The average Bonchev–Trinajstić information content (AvgIpc) is 2.96. The molecule has 3 aromatic rings. The number of imidazole rings is 1. The number of halogens is 1. The topological polar surface area (TPSA) is 81.9 Å². The fourth-order valence-corrected chi connectivity index (χ4v) is 3.47. The molecule has 0 bridgehead atoms. The summed E-state index contributed by atoms with van der Waals surface area (Å²) in [4.78, 5) is 25.1. The summed E-state index contributed by atoms with van der Waals surface area (Å²) in [6, 6.07) is 7.25. The Labute approximate surface area is 160 Å². The number of carbonyl (C=O) groups is 1. The molecule has 1 amide bonds. The minimum absolute atomic E-state index is 0.190. The van der Waals surface area contributed by atoms with Crippen LogP contribution in [0.25, 0.3) is 11.0 Å². The number of methoxy groups -OCH3 is 1. The van der Waals surface area contributed by atoms with Crippen LogP contribution in [0.1, 0.15) is 6.92 Å². The highest BCUT2D eigenvalue weighted by Gasteiger charge is 2.20. The summed E-state index contributed by atoms with van der Waals surface area (Å²) in [5.41, 5.74) is 1.74. The quantitative estimate of drug-likeness (QED) is 0.622. The van der Waals surface area contributed by atoms with Crippen LogP contribution in [-0.4, -0.2) is 44.4 Å². The lowest BCUT2D eigenvalue weighted by atomic mass is 10.3. The Hall–Kier alpha value is -2.16. The molecule has 1 unspecified atom stereocenters. The van der Waals surface area contributed by atoms with Gasteiger partial charge < -0.3 is 9.30 Å². The molecule has 0 saturated carbocycles. The summed E-state index contributed by atoms with van der Waals surface area (Å²) < 4.78 is 7.22. The van der Waals surface area contributed by atoms with E-state index in [-0.39, 0.29) is 17.1 Å². The molecular weight excluding hydrogens is 374 g/mol. The number of ether oxygens (including phenoxy) is 1. The molecule has 3 rings (SSSR count). The molecule has 1 atom stereocenters. The maximum absolute atomic E-state index is 12.4. The second kappa shape index (κ2) is 8.48. The first kappa shape index (κ1) is 18.6. The second-order valence-electron chi connectivity index (χ2n) is 5.49. The summed E-state index contributed by atoms with van der Waals surface area (Å²) >= 11 is 7.44. The van der Waals surface area contributed by atoms with Gasteiger partial charge >= 0.3 is 0 Å². The lowest BCUT2D eigenvalue weighted by Crippen LogP contribution is -2.24. The molecular formula is C17H18ClN5O2S. The summed E-state index contributed by atoms with van der Waals surface area (Å²) in [6.45, 7) is 2.99. The van der Waals surface area contributed by atoms with Gasteiger partial charge in [0.25, 0.3) is 0 Å². The summed E-state index contributed by atoms with van der Waals surface area (Å²) in [7, 11) is 1.65. The van der Waals surface area contributed by atoms with E-state index in [1.54, 1.807) is 25.6 Å². The number of amides is 1. The van der Waals surface area contributed by atoms with Crippen LogP contribution in [0.5, 0.6) is 0 Å². The molecule has 0 aliphatic heterocycles. The van der Waals surface area contributed by atoms with E-state index in [9.17, 15) is 4.79 Å². The first-order valence-corrected chi connectivity index (χ1v) is 9.23. The van der Waals surface area contributed by atoms with Crippen molar-refractivity contribution in [2.45, 2.75) is 23.9 Å². The van der Waals surface area contributed by atoms with E-state index in [1.807, 2.05) is 29.7 Å². The monoisotopic (exact) mass is 391 g/mol. The number of nitrogens with one attached hydrogen (secondary N) is 1. The van der Waals surface area contributed by atoms with Crippen LogP contribution in [0.4, 0.5) is 5.95 Å². The van der Waals surface area contributed by atoms with Crippen LogP contribution >= 0.6 is 23.4 Å². The van der Waals surface area contributed by atoms with Crippen LogP contribution in [-0.2, 0) is 16.1 Å². The smallest absolute Gasteiger partial charge is 0.240 e. The van der Waals surface area contributed by atoms with Gasteiger partial charge in [-0.1, -0.05) is 23.4 Å². The van der Waals surface area contributed by atoms with E-state index in [0.717, 1.165) is 16.2 Å². The van der Waals surface area contributed by atoms with Crippen molar-refractivity contribution < 1.29 is 9.53 Å². The van der Waals surface area contributed by atoms with Gasteiger partial charge in [-0.15, -0.1) is 0 Å². The molecule has 0 spiro atoms. The van der Waals surface area contributed by atoms with Gasteiger partial charge in [0.05, 0.1) is 22.9 Å². The van der Waals surface area contributed by atoms with Crippen LogP contribution in [0, 0.1) is 0 Å². The molecule has 9 heteroatoms. The maximum atomic E-state index is 12.4. The largest absolute Gasteiger partial charge is 0.383 e. The molecule has 136 valence electrons. The first-order chi connectivity index (χ1) is 12.6. The number of hydrogen-bond donors (Lipinski definition) is 1. The summed E-state index contributed by atoms with van der Waals surface area (Å²) in [5.74, 6) is 0.0918. The van der Waals surface area contributed by atoms with Crippen LogP contribution in [0.2, 0.25) is 5.02 Å². The number of fused-ring (bicyclic) bond motifs is 1. The molecule has 0 fully saturated rings. The van der Waals surface area contributed by atoms with Gasteiger partial charge in [0.1, 0.15) is 0 Å². The van der Waals surface area contributed by atoms with Gasteiger partial charge in [-0.3, -0.25) is 10.1 Å². The highest BCUT2D eigenvalue weighted by atomic mass is 35.5. The van der Waals surface area contributed by atoms with E-state index < -0.39 is 0 Å². The lowest BCUT2D eigenvalue weighted by Gasteiger charge is -2.12. The maximum Gasteiger partial charge on any atom is 0.240 e. The predicted octanol–water partition coefficient (Wildman–Crippen LogP) is 3.25. The standard InChI is InChI=1S/C17H18ClN5O2S/c1-11(15(24)22-16-19-6-3-7-20-16)26-17-21-13-10-12(18)4-5-14(13)23(17)8-9-25-2/h3-7,10-11H,8-9H2,1-2H3,(H,19,20,22,24). The number of aromatic nitrogens is 4. The molecule has 0 aliphatic carbocycles. The zero-order chi connectivity index (χ0) is 18.5. The van der Waals surface area contributed by atoms with Crippen molar-refractivity contribution >= 4 is 46.3 Å². The van der Waals surface area contributed by atoms with Crippen molar-refractivity contribution in [2.75, 3.05) is 19.0 Å². The summed E-state index contributed by atoms with van der Waals surface area (Å²) in [5, 5.41) is 3.68. The van der Waals surface area contributed by atoms with Crippen LogP contribution in [0.15, 0.2) is 41.8 Å². The average molecular weight is 392 g/mol. The Bertz CT molecular complexity index is 903. The van der Waals surface area contributed by atoms with Crippen molar-refractivity contribution in [1.29, 1.82) is 0 Å². The molecule has 1 N–H and O–H groups in total. The first-order valence-electron chi connectivity index (χ1n) is 7.97. The van der Waals surface area contributed by atoms with Crippen molar-refractivity contribution in [3.63, 3.8) is 0 Å². The highest BCUT2D eigenvalue weighted by molar-refractivity contribution is 8.00. The van der Waals surface area contributed by atoms with E-state index >= 15 is 0 Å². The molecule has 2 aromatic heterocycles. The molecule has 7 nitrogen and oxygen atoms in total. The number of thioether (sulfide) groups is 1. The number of carbonyl (C=O) groups excluding carboxylic acids is 1. The summed E-state index contributed by atoms with van der Waals surface area (Å²) in [6.07, 6.45) is 3.16. The zero-order valence-corrected chi connectivity index (χ0v) is 15.9. The Balaban J connectivity index is 1.81. The SMILES string of the molecule is COCCn1c(SC(C)C(=O)Nc2ncccn2)nc2cc(Cl)ccc21. The minimum atomic E-state index is -0.382. The van der Waals surface area contributed by atoms with E-state index in [4.69, 9.17) is 16.3 Å². The number of benzene rings is 1. The van der Waals surface area contributed by atoms with Gasteiger partial charge in [0.2, 0.25) is 11.9 Å². The minimum Gasteiger partial charge on any atom is -0.383 e. The van der Waals surface area contributed by atoms with Crippen molar-refractivity contribution in [1.82, 2.24) is 19.5 Å². The number of hydrogen-bond acceptors (Lipinski definition) is 6. The second-order valence-corrected chi connectivity index (χ2v) is 7.24. The normalized spacial score (nSPS) is 12.3. The van der Waals surface area contributed by atoms with Gasteiger partial charge in [-0.05, 0) is 31.2 Å². The van der Waals surface area contributed by atoms with Crippen molar-refractivity contribution in [2.24, 2.45) is 0 Å². The molecule has 0 aliphatic rings. The molecule has 26 heavy (non-hydrogen) atoms. The Morgan fingerprint density at radius 3 is 2.88 bits per heavy atom. The van der Waals surface area contributed by atoms with Gasteiger partial charge in [-0.2, -0.15) is 0 Å². The third-order valence-electron chi connectivity index (χ3n) is 3.65. The Morgan fingerprint density at radius 1 is 1.38 bits per heavy atom. The highest BCUT2D eigenvalue weighted by Crippen LogP contribution is 2.29. The molecule has 0 saturated heterocycles. The van der Waals surface area contributed by atoms with Gasteiger partial charge in [-0.25, -0.2) is 15.0 Å². The fraction of sp³-hybridized carbons (Fsp3) is 0.294. The van der Waals surface area contributed by atoms with E-state index in [1.165, 1.54) is 11.8 Å². The van der Waals surface area contributed by atoms with Crippen molar-refractivity contribution in [3.8, 4) is 0 Å².